The average molecular weight is 352 g/mol. The highest BCUT2D eigenvalue weighted by molar-refractivity contribution is 6.09. The van der Waals surface area contributed by atoms with Gasteiger partial charge in [-0.25, -0.2) is 0 Å². The summed E-state index contributed by atoms with van der Waals surface area (Å²) in [6, 6.07) is 4.99. The first-order chi connectivity index (χ1) is 12.4. The summed E-state index contributed by atoms with van der Waals surface area (Å²) < 4.78 is 4.96. The predicted octanol–water partition coefficient (Wildman–Crippen LogP) is 3.08. The Kier molecular flexibility index (Phi) is 6.44. The fourth-order valence-corrected chi connectivity index (χ4v) is 2.36. The van der Waals surface area contributed by atoms with Crippen LogP contribution in [-0.4, -0.2) is 29.6 Å². The third-order valence-electron chi connectivity index (χ3n) is 3.81. The number of hydrogen-bond donors (Lipinski definition) is 1. The number of aryl methyl sites for hydroxylation is 1. The Bertz CT molecular complexity index is 840. The van der Waals surface area contributed by atoms with Crippen LogP contribution < -0.4 is 0 Å². The van der Waals surface area contributed by atoms with Crippen LogP contribution >= 0.6 is 0 Å². The number of allylic oxidation sites excluding steroid dienone is 6. The fraction of sp³-hybridized carbons (Fsp3) is 0.190. The second-order valence-corrected chi connectivity index (χ2v) is 5.88. The van der Waals surface area contributed by atoms with E-state index in [9.17, 15) is 19.5 Å². The van der Waals surface area contributed by atoms with Gasteiger partial charge in [0.15, 0.2) is 17.3 Å². The maximum absolute atomic E-state index is 11.9. The first kappa shape index (κ1) is 19.1. The van der Waals surface area contributed by atoms with Crippen LogP contribution in [-0.2, 0) is 19.1 Å². The van der Waals surface area contributed by atoms with Gasteiger partial charge in [0.25, 0.3) is 0 Å². The topological polar surface area (TPSA) is 80.7 Å². The number of phenolic OH excluding ortho intramolecular Hbond substituents is 1. The van der Waals surface area contributed by atoms with Gasteiger partial charge in [-0.1, -0.05) is 24.3 Å². The summed E-state index contributed by atoms with van der Waals surface area (Å²) >= 11 is 0. The van der Waals surface area contributed by atoms with Gasteiger partial charge < -0.3 is 9.84 Å². The van der Waals surface area contributed by atoms with Crippen molar-refractivity contribution in [3.05, 3.63) is 71.5 Å². The van der Waals surface area contributed by atoms with Crippen molar-refractivity contribution in [2.24, 2.45) is 5.92 Å². The molecule has 0 bridgehead atoms. The van der Waals surface area contributed by atoms with Crippen LogP contribution in [0.15, 0.2) is 60.4 Å². The third kappa shape index (κ3) is 5.41. The molecule has 0 fully saturated rings. The number of benzene rings is 1. The van der Waals surface area contributed by atoms with Gasteiger partial charge in [0, 0.05) is 5.92 Å². The molecule has 5 heteroatoms. The highest BCUT2D eigenvalue weighted by Gasteiger charge is 2.14. The second kappa shape index (κ2) is 8.76. The monoisotopic (exact) mass is 352 g/mol. The lowest BCUT2D eigenvalue weighted by Gasteiger charge is -2.10. The number of carbonyl (C=O) groups is 3. The van der Waals surface area contributed by atoms with Crippen molar-refractivity contribution in [1.82, 2.24) is 0 Å². The predicted molar refractivity (Wildman–Crippen MR) is 98.4 cm³/mol. The number of ether oxygens (including phenoxy) is 1. The van der Waals surface area contributed by atoms with Crippen LogP contribution in [0.2, 0.25) is 0 Å². The Morgan fingerprint density at radius 1 is 1.23 bits per heavy atom. The molecule has 2 rings (SSSR count). The molecule has 0 aliphatic heterocycles. The number of ketones is 3. The van der Waals surface area contributed by atoms with Crippen molar-refractivity contribution in [3.63, 3.8) is 0 Å². The standard InChI is InChI=1S/C21H20O5/c1-14-11-15(5-9-19(14)24)3-7-17(22)13-18(23)8-4-16-6-10-20(25)21(12-16)26-2/h3-12,16,24H,13H2,1-2H3/b7-3+,8-4+. The van der Waals surface area contributed by atoms with E-state index < -0.39 is 0 Å². The SMILES string of the molecule is COC1=CC(/C=C/C(=O)CC(=O)/C=C/c2ccc(O)c(C)c2)C=CC1=O. The van der Waals surface area contributed by atoms with Gasteiger partial charge in [0.05, 0.1) is 13.5 Å². The highest BCUT2D eigenvalue weighted by Crippen LogP contribution is 2.18. The molecule has 1 N–H and O–H groups in total. The third-order valence-corrected chi connectivity index (χ3v) is 3.81. The molecule has 5 nitrogen and oxygen atoms in total. The Morgan fingerprint density at radius 3 is 2.65 bits per heavy atom. The lowest BCUT2D eigenvalue weighted by molar-refractivity contribution is -0.122. The summed E-state index contributed by atoms with van der Waals surface area (Å²) in [4.78, 5) is 35.2. The summed E-state index contributed by atoms with van der Waals surface area (Å²) in [5, 5.41) is 9.47. The molecule has 0 spiro atoms. The van der Waals surface area contributed by atoms with Crippen molar-refractivity contribution in [2.45, 2.75) is 13.3 Å². The molecule has 1 atom stereocenters. The van der Waals surface area contributed by atoms with Crippen molar-refractivity contribution in [2.75, 3.05) is 7.11 Å². The molecule has 0 saturated carbocycles. The first-order valence-electron chi connectivity index (χ1n) is 8.09. The van der Waals surface area contributed by atoms with Crippen LogP contribution in [0, 0.1) is 12.8 Å². The van der Waals surface area contributed by atoms with E-state index >= 15 is 0 Å². The first-order valence-corrected chi connectivity index (χ1v) is 8.09. The van der Waals surface area contributed by atoms with Crippen molar-refractivity contribution in [3.8, 4) is 5.75 Å². The quantitative estimate of drug-likeness (QED) is 0.602. The molecule has 0 radical (unpaired) electrons. The Labute approximate surface area is 152 Å². The van der Waals surface area contributed by atoms with Crippen LogP contribution in [0.3, 0.4) is 0 Å². The van der Waals surface area contributed by atoms with Gasteiger partial charge in [-0.3, -0.25) is 14.4 Å². The molecule has 1 aromatic rings. The molecule has 1 unspecified atom stereocenters. The molecule has 26 heavy (non-hydrogen) atoms. The van der Waals surface area contributed by atoms with Gasteiger partial charge in [0.2, 0.25) is 5.78 Å². The summed E-state index contributed by atoms with van der Waals surface area (Å²) in [5.74, 6) is -0.645. The van der Waals surface area contributed by atoms with E-state index in [1.54, 1.807) is 49.4 Å². The van der Waals surface area contributed by atoms with E-state index in [-0.39, 0.29) is 41.2 Å². The summed E-state index contributed by atoms with van der Waals surface area (Å²) in [5.41, 5.74) is 1.48. The lowest BCUT2D eigenvalue weighted by Crippen LogP contribution is -2.09. The number of phenols is 1. The second-order valence-electron chi connectivity index (χ2n) is 5.88. The maximum Gasteiger partial charge on any atom is 0.219 e. The molecule has 134 valence electrons. The molecular weight excluding hydrogens is 332 g/mol. The Balaban J connectivity index is 1.90. The molecule has 0 aromatic heterocycles. The van der Waals surface area contributed by atoms with Crippen molar-refractivity contribution < 1.29 is 24.2 Å². The summed E-state index contributed by atoms with van der Waals surface area (Å²) in [7, 11) is 1.41. The molecule has 1 aliphatic carbocycles. The number of hydrogen-bond acceptors (Lipinski definition) is 5. The van der Waals surface area contributed by atoms with Gasteiger partial charge in [-0.15, -0.1) is 0 Å². The fourth-order valence-electron chi connectivity index (χ4n) is 2.36. The number of rotatable bonds is 7. The van der Waals surface area contributed by atoms with Crippen LogP contribution in [0.5, 0.6) is 5.75 Å². The molecule has 1 aromatic carbocycles. The minimum atomic E-state index is -0.320. The average Bonchev–Trinajstić information content (AvgIpc) is 2.62. The van der Waals surface area contributed by atoms with E-state index in [1.807, 2.05) is 0 Å². The van der Waals surface area contributed by atoms with Crippen LogP contribution in [0.4, 0.5) is 0 Å². The van der Waals surface area contributed by atoms with E-state index in [0.717, 1.165) is 5.56 Å². The number of aromatic hydroxyl groups is 1. The largest absolute Gasteiger partial charge is 0.508 e. The van der Waals surface area contributed by atoms with Crippen molar-refractivity contribution in [1.29, 1.82) is 0 Å². The van der Waals surface area contributed by atoms with Crippen molar-refractivity contribution >= 4 is 23.4 Å². The lowest BCUT2D eigenvalue weighted by atomic mass is 10.00. The molecule has 1 aliphatic rings. The zero-order chi connectivity index (χ0) is 19.1. The summed E-state index contributed by atoms with van der Waals surface area (Å²) in [6.45, 7) is 1.76. The zero-order valence-corrected chi connectivity index (χ0v) is 14.6. The smallest absolute Gasteiger partial charge is 0.219 e. The molecule has 0 heterocycles. The van der Waals surface area contributed by atoms with Gasteiger partial charge >= 0.3 is 0 Å². The van der Waals surface area contributed by atoms with E-state index in [2.05, 4.69) is 0 Å². The highest BCUT2D eigenvalue weighted by atomic mass is 16.5. The van der Waals surface area contributed by atoms with E-state index in [0.29, 0.717) is 5.56 Å². The van der Waals surface area contributed by atoms with Crippen LogP contribution in [0.25, 0.3) is 6.08 Å². The Hall–Kier alpha value is -3.21. The Morgan fingerprint density at radius 2 is 1.96 bits per heavy atom. The summed E-state index contributed by atoms with van der Waals surface area (Å²) in [6.07, 6.45) is 10.3. The zero-order valence-electron chi connectivity index (χ0n) is 14.6. The van der Waals surface area contributed by atoms with E-state index in [4.69, 9.17) is 4.74 Å². The molecule has 0 amide bonds. The van der Waals surface area contributed by atoms with Crippen LogP contribution in [0.1, 0.15) is 17.5 Å². The number of methoxy groups -OCH3 is 1. The normalized spacial score (nSPS) is 16.9. The van der Waals surface area contributed by atoms with Gasteiger partial charge in [-0.05, 0) is 54.5 Å². The number of carbonyl (C=O) groups excluding carboxylic acids is 3. The minimum absolute atomic E-state index is 0.193. The molecular formula is C21H20O5. The van der Waals surface area contributed by atoms with Gasteiger partial charge in [0.1, 0.15) is 5.75 Å². The maximum atomic E-state index is 11.9. The minimum Gasteiger partial charge on any atom is -0.508 e. The van der Waals surface area contributed by atoms with E-state index in [1.165, 1.54) is 25.3 Å². The molecule has 0 saturated heterocycles. The van der Waals surface area contributed by atoms with Gasteiger partial charge in [-0.2, -0.15) is 0 Å².